The van der Waals surface area contributed by atoms with Gasteiger partial charge < -0.3 is 5.32 Å². The Morgan fingerprint density at radius 1 is 1.32 bits per heavy atom. The SMILES string of the molecule is Cc1nc2ccccc2c(C)c1CC(=O)NCCS. The normalized spacial score (nSPS) is 10.7. The zero-order valence-corrected chi connectivity index (χ0v) is 12.1. The van der Waals surface area contributed by atoms with Crippen molar-refractivity contribution in [2.24, 2.45) is 0 Å². The van der Waals surface area contributed by atoms with Crippen LogP contribution in [-0.2, 0) is 11.2 Å². The van der Waals surface area contributed by atoms with Gasteiger partial charge in [-0.3, -0.25) is 9.78 Å². The molecule has 0 fully saturated rings. The van der Waals surface area contributed by atoms with Gasteiger partial charge in [0.1, 0.15) is 0 Å². The number of nitrogens with one attached hydrogen (secondary N) is 1. The van der Waals surface area contributed by atoms with Crippen LogP contribution >= 0.6 is 12.6 Å². The van der Waals surface area contributed by atoms with Crippen molar-refractivity contribution >= 4 is 29.4 Å². The van der Waals surface area contributed by atoms with Crippen molar-refractivity contribution in [3.05, 3.63) is 41.1 Å². The minimum Gasteiger partial charge on any atom is -0.355 e. The van der Waals surface area contributed by atoms with E-state index < -0.39 is 0 Å². The number of amides is 1. The second-order valence-electron chi connectivity index (χ2n) is 4.57. The van der Waals surface area contributed by atoms with E-state index in [-0.39, 0.29) is 5.91 Å². The van der Waals surface area contributed by atoms with Crippen LogP contribution in [0.2, 0.25) is 0 Å². The van der Waals surface area contributed by atoms with Crippen molar-refractivity contribution in [3.8, 4) is 0 Å². The first-order chi connectivity index (χ1) is 9.13. The Hall–Kier alpha value is -1.55. The zero-order chi connectivity index (χ0) is 13.8. The molecule has 3 nitrogen and oxygen atoms in total. The molecule has 0 atom stereocenters. The standard InChI is InChI=1S/C15H18N2OS/c1-10-12-5-3-4-6-14(12)17-11(2)13(10)9-15(18)16-7-8-19/h3-6,19H,7-9H2,1-2H3,(H,16,18). The maximum Gasteiger partial charge on any atom is 0.224 e. The van der Waals surface area contributed by atoms with Gasteiger partial charge in [0, 0.05) is 23.4 Å². The van der Waals surface area contributed by atoms with Gasteiger partial charge in [-0.2, -0.15) is 12.6 Å². The van der Waals surface area contributed by atoms with Crippen molar-refractivity contribution < 1.29 is 4.79 Å². The molecule has 0 radical (unpaired) electrons. The Balaban J connectivity index is 2.35. The van der Waals surface area contributed by atoms with E-state index in [2.05, 4.69) is 29.9 Å². The number of carbonyl (C=O) groups is 1. The van der Waals surface area contributed by atoms with Crippen molar-refractivity contribution in [1.82, 2.24) is 10.3 Å². The number of hydrogen-bond donors (Lipinski definition) is 2. The Bertz CT molecular complexity index is 610. The summed E-state index contributed by atoms with van der Waals surface area (Å²) in [7, 11) is 0. The van der Waals surface area contributed by atoms with Crippen LogP contribution in [0.15, 0.2) is 24.3 Å². The van der Waals surface area contributed by atoms with Gasteiger partial charge in [-0.1, -0.05) is 18.2 Å². The summed E-state index contributed by atoms with van der Waals surface area (Å²) in [4.78, 5) is 16.4. The predicted octanol–water partition coefficient (Wildman–Crippen LogP) is 2.44. The summed E-state index contributed by atoms with van der Waals surface area (Å²) >= 11 is 4.08. The summed E-state index contributed by atoms with van der Waals surface area (Å²) in [6.07, 6.45) is 0.378. The molecule has 2 aromatic rings. The highest BCUT2D eigenvalue weighted by molar-refractivity contribution is 7.80. The molecule has 2 rings (SSSR count). The minimum absolute atomic E-state index is 0.0253. The number of pyridine rings is 1. The molecule has 1 heterocycles. The third kappa shape index (κ3) is 3.07. The van der Waals surface area contributed by atoms with E-state index in [1.54, 1.807) is 0 Å². The van der Waals surface area contributed by atoms with E-state index in [1.807, 2.05) is 31.2 Å². The highest BCUT2D eigenvalue weighted by atomic mass is 32.1. The Morgan fingerprint density at radius 2 is 2.05 bits per heavy atom. The summed E-state index contributed by atoms with van der Waals surface area (Å²) in [6.45, 7) is 4.61. The lowest BCUT2D eigenvalue weighted by molar-refractivity contribution is -0.120. The fraction of sp³-hybridized carbons (Fsp3) is 0.333. The van der Waals surface area contributed by atoms with Crippen molar-refractivity contribution in [2.45, 2.75) is 20.3 Å². The summed E-state index contributed by atoms with van der Waals surface area (Å²) < 4.78 is 0. The van der Waals surface area contributed by atoms with Crippen LogP contribution in [0, 0.1) is 13.8 Å². The number of fused-ring (bicyclic) bond motifs is 1. The van der Waals surface area contributed by atoms with E-state index in [9.17, 15) is 4.79 Å². The number of thiol groups is 1. The number of nitrogens with zero attached hydrogens (tertiary/aromatic N) is 1. The summed E-state index contributed by atoms with van der Waals surface area (Å²) in [5.41, 5.74) is 4.08. The number of para-hydroxylation sites is 1. The first kappa shape index (κ1) is 13.9. The number of carbonyl (C=O) groups excluding carboxylic acids is 1. The fourth-order valence-electron chi connectivity index (χ4n) is 2.25. The number of aromatic nitrogens is 1. The van der Waals surface area contributed by atoms with Crippen molar-refractivity contribution in [3.63, 3.8) is 0 Å². The molecule has 0 saturated carbocycles. The summed E-state index contributed by atoms with van der Waals surface area (Å²) in [6, 6.07) is 8.02. The predicted molar refractivity (Wildman–Crippen MR) is 81.8 cm³/mol. The Labute approximate surface area is 118 Å². The largest absolute Gasteiger partial charge is 0.355 e. The molecule has 1 N–H and O–H groups in total. The van der Waals surface area contributed by atoms with Gasteiger partial charge in [-0.25, -0.2) is 0 Å². The van der Waals surface area contributed by atoms with Crippen LogP contribution < -0.4 is 5.32 Å². The molecule has 1 amide bonds. The molecule has 1 aromatic carbocycles. The molecule has 0 aliphatic carbocycles. The van der Waals surface area contributed by atoms with E-state index in [1.165, 1.54) is 0 Å². The van der Waals surface area contributed by atoms with Crippen LogP contribution in [0.3, 0.4) is 0 Å². The maximum absolute atomic E-state index is 11.8. The lowest BCUT2D eigenvalue weighted by Crippen LogP contribution is -2.27. The van der Waals surface area contributed by atoms with E-state index in [0.717, 1.165) is 27.7 Å². The number of hydrogen-bond acceptors (Lipinski definition) is 3. The molecule has 4 heteroatoms. The molecule has 19 heavy (non-hydrogen) atoms. The number of aryl methyl sites for hydroxylation is 2. The lowest BCUT2D eigenvalue weighted by atomic mass is 9.99. The highest BCUT2D eigenvalue weighted by Crippen LogP contribution is 2.22. The van der Waals surface area contributed by atoms with Crippen molar-refractivity contribution in [2.75, 3.05) is 12.3 Å². The minimum atomic E-state index is 0.0253. The average Bonchev–Trinajstić information content (AvgIpc) is 2.41. The third-order valence-electron chi connectivity index (χ3n) is 3.26. The highest BCUT2D eigenvalue weighted by Gasteiger charge is 2.12. The molecule has 100 valence electrons. The van der Waals surface area contributed by atoms with E-state index in [0.29, 0.717) is 18.7 Å². The van der Waals surface area contributed by atoms with Gasteiger partial charge in [0.2, 0.25) is 5.91 Å². The van der Waals surface area contributed by atoms with Gasteiger partial charge in [0.25, 0.3) is 0 Å². The quantitative estimate of drug-likeness (QED) is 0.841. The van der Waals surface area contributed by atoms with Gasteiger partial charge >= 0.3 is 0 Å². The van der Waals surface area contributed by atoms with Crippen LogP contribution in [0.4, 0.5) is 0 Å². The van der Waals surface area contributed by atoms with Gasteiger partial charge in [-0.05, 0) is 31.0 Å². The average molecular weight is 274 g/mol. The third-order valence-corrected chi connectivity index (χ3v) is 3.48. The van der Waals surface area contributed by atoms with Crippen molar-refractivity contribution in [1.29, 1.82) is 0 Å². The molecule has 0 saturated heterocycles. The summed E-state index contributed by atoms with van der Waals surface area (Å²) in [5.74, 6) is 0.678. The fourth-order valence-corrected chi connectivity index (χ4v) is 2.36. The Morgan fingerprint density at radius 3 is 2.79 bits per heavy atom. The maximum atomic E-state index is 11.8. The molecule has 0 bridgehead atoms. The monoisotopic (exact) mass is 274 g/mol. The Kier molecular flexibility index (Phi) is 4.43. The molecule has 0 spiro atoms. The topological polar surface area (TPSA) is 42.0 Å². The molecule has 0 aliphatic rings. The van der Waals surface area contributed by atoms with E-state index >= 15 is 0 Å². The lowest BCUT2D eigenvalue weighted by Gasteiger charge is -2.12. The van der Waals surface area contributed by atoms with Gasteiger partial charge in [0.15, 0.2) is 0 Å². The summed E-state index contributed by atoms with van der Waals surface area (Å²) in [5, 5.41) is 3.96. The first-order valence-electron chi connectivity index (χ1n) is 6.36. The second-order valence-corrected chi connectivity index (χ2v) is 5.02. The molecule has 1 aromatic heterocycles. The van der Waals surface area contributed by atoms with Gasteiger partial charge in [-0.15, -0.1) is 0 Å². The number of benzene rings is 1. The van der Waals surface area contributed by atoms with Crippen LogP contribution in [-0.4, -0.2) is 23.2 Å². The molecular weight excluding hydrogens is 256 g/mol. The van der Waals surface area contributed by atoms with Gasteiger partial charge in [0.05, 0.1) is 11.9 Å². The zero-order valence-electron chi connectivity index (χ0n) is 11.2. The molecular formula is C15H18N2OS. The molecule has 0 unspecified atom stereocenters. The molecule has 0 aliphatic heterocycles. The van der Waals surface area contributed by atoms with E-state index in [4.69, 9.17) is 0 Å². The van der Waals surface area contributed by atoms with Crippen LogP contribution in [0.25, 0.3) is 10.9 Å². The first-order valence-corrected chi connectivity index (χ1v) is 6.99. The van der Waals surface area contributed by atoms with Crippen LogP contribution in [0.5, 0.6) is 0 Å². The van der Waals surface area contributed by atoms with Crippen LogP contribution in [0.1, 0.15) is 16.8 Å². The number of rotatable bonds is 4. The smallest absolute Gasteiger partial charge is 0.224 e. The second kappa shape index (κ2) is 6.06.